The number of ketones is 1. The Hall–Kier alpha value is -6.35. The number of halogens is 3. The van der Waals surface area contributed by atoms with Crippen LogP contribution >= 0.6 is 0 Å². The second-order valence-electron chi connectivity index (χ2n) is 19.3. The van der Waals surface area contributed by atoms with Crippen molar-refractivity contribution >= 4 is 61.8 Å². The summed E-state index contributed by atoms with van der Waals surface area (Å²) in [6.45, 7) is 5.32. The predicted molar refractivity (Wildman–Crippen MR) is 245 cm³/mol. The molecule has 1 spiro atoms. The predicted octanol–water partition coefficient (Wildman–Crippen LogP) is 4.35. The van der Waals surface area contributed by atoms with Crippen LogP contribution in [0, 0.1) is 17.0 Å². The number of β-amino-alcohol motifs (C(OH)–C–C–N with tert-alkyl or cyclic N) is 1. The molecule has 6 aliphatic heterocycles. The minimum Gasteiger partial charge on any atom is -0.388 e. The van der Waals surface area contributed by atoms with Crippen LogP contribution in [0.2, 0.25) is 0 Å². The molecule has 0 bridgehead atoms. The number of aromatic nitrogens is 2. The molecule has 2 aromatic heterocycles. The van der Waals surface area contributed by atoms with Crippen LogP contribution in [-0.4, -0.2) is 138 Å². The molecule has 20 heteroatoms. The first-order valence-corrected chi connectivity index (χ1v) is 24.2. The van der Waals surface area contributed by atoms with Crippen LogP contribution in [0.4, 0.5) is 30.2 Å². The van der Waals surface area contributed by atoms with Crippen LogP contribution in [0.5, 0.6) is 0 Å². The Bertz CT molecular complexity index is 3020. The maximum atomic E-state index is 15.8. The summed E-state index contributed by atoms with van der Waals surface area (Å²) in [5.41, 5.74) is 2.96. The number of carbonyl (C=O) groups excluding carboxylic acids is 4. The number of nitrogens with zero attached hydrogens (tertiary/aromatic N) is 6. The zero-order valence-corrected chi connectivity index (χ0v) is 37.6. The standard InChI is InChI=1S/C48H48F3N9O7S/c49-31-11-14-59(22-31)68(66,67)55-38-8-7-37(50)41(42(38)51)43(62)36-20-53-44-35(36)18-29(19-52-44)28-1-3-32(4-2-28)58-25-47(26-58)23-56(24-47)27-48(65)12-15-57(16-13-48)33-5-6-34-30(17-33)21-60(46(34)64)39-9-10-40(61)54-45(39)63/h1-8,17-20,31,39,55,65H,9-16,21-27H2,(H,52,53)(H,54,61,63). The lowest BCUT2D eigenvalue weighted by molar-refractivity contribution is -0.136. The number of hydrogen-bond acceptors (Lipinski definition) is 11. The van der Waals surface area contributed by atoms with Gasteiger partial charge in [0.15, 0.2) is 5.82 Å². The number of amides is 3. The second-order valence-corrected chi connectivity index (χ2v) is 21.0. The van der Waals surface area contributed by atoms with Crippen LogP contribution in [0.1, 0.15) is 63.9 Å². The van der Waals surface area contributed by atoms with Crippen LogP contribution < -0.4 is 19.8 Å². The number of rotatable bonds is 11. The van der Waals surface area contributed by atoms with E-state index in [1.807, 2.05) is 47.2 Å². The Morgan fingerprint density at radius 1 is 0.897 bits per heavy atom. The average Bonchev–Trinajstić information content (AvgIpc) is 4.02. The number of nitrogens with one attached hydrogen (secondary N) is 3. The highest BCUT2D eigenvalue weighted by atomic mass is 32.2. The number of imide groups is 1. The number of anilines is 3. The fraction of sp³-hybridized carbons (Fsp3) is 0.396. The Morgan fingerprint density at radius 3 is 2.37 bits per heavy atom. The minimum atomic E-state index is -4.36. The highest BCUT2D eigenvalue weighted by Crippen LogP contribution is 2.44. The lowest BCUT2D eigenvalue weighted by Gasteiger charge is -2.62. The fourth-order valence-electron chi connectivity index (χ4n) is 11.0. The summed E-state index contributed by atoms with van der Waals surface area (Å²) >= 11 is 0. The van der Waals surface area contributed by atoms with Gasteiger partial charge in [-0.05, 0) is 85.3 Å². The van der Waals surface area contributed by atoms with E-state index in [0.29, 0.717) is 67.6 Å². The molecule has 6 aliphatic rings. The molecule has 3 amide bonds. The van der Waals surface area contributed by atoms with Gasteiger partial charge in [-0.3, -0.25) is 34.1 Å². The number of benzene rings is 3. The molecule has 0 radical (unpaired) electrons. The van der Waals surface area contributed by atoms with Gasteiger partial charge < -0.3 is 24.8 Å². The molecule has 0 aliphatic carbocycles. The quantitative estimate of drug-likeness (QED) is 0.109. The van der Waals surface area contributed by atoms with Gasteiger partial charge in [-0.1, -0.05) is 12.1 Å². The molecule has 68 heavy (non-hydrogen) atoms. The Morgan fingerprint density at radius 2 is 1.65 bits per heavy atom. The number of piperidine rings is 2. The van der Waals surface area contributed by atoms with E-state index in [9.17, 15) is 37.1 Å². The van der Waals surface area contributed by atoms with Gasteiger partial charge in [0.2, 0.25) is 17.6 Å². The molecular weight excluding hydrogens is 904 g/mol. The Balaban J connectivity index is 0.679. The summed E-state index contributed by atoms with van der Waals surface area (Å²) in [7, 11) is -4.36. The van der Waals surface area contributed by atoms with Crippen LogP contribution in [-0.2, 0) is 26.3 Å². The fourth-order valence-corrected chi connectivity index (χ4v) is 12.2. The minimum absolute atomic E-state index is 0.00179. The molecule has 5 fully saturated rings. The molecular formula is C48H48F3N9O7S. The molecule has 5 saturated heterocycles. The number of fused-ring (bicyclic) bond motifs is 2. The summed E-state index contributed by atoms with van der Waals surface area (Å²) in [5, 5.41) is 14.3. The number of pyridine rings is 1. The zero-order valence-electron chi connectivity index (χ0n) is 36.8. The van der Waals surface area contributed by atoms with E-state index in [0.717, 1.165) is 65.1 Å². The summed E-state index contributed by atoms with van der Waals surface area (Å²) in [6, 6.07) is 16.4. The number of alkyl halides is 1. The second kappa shape index (κ2) is 16.4. The third-order valence-corrected chi connectivity index (χ3v) is 16.1. The zero-order chi connectivity index (χ0) is 47.3. The average molecular weight is 952 g/mol. The van der Waals surface area contributed by atoms with Crippen molar-refractivity contribution in [1.82, 2.24) is 29.4 Å². The number of carbonyl (C=O) groups is 4. The SMILES string of the molecule is O=C1CCC(N2Cc3cc(N4CCC(O)(CN5CC6(C5)CN(c5ccc(-c7cnc8[nH]cc(C(=O)c9c(F)ccc(NS(=O)(=O)N%10CCC(F)C%10)c9F)c8c7)cc5)C6)CC4)ccc3C2=O)C(=O)N1. The van der Waals surface area contributed by atoms with E-state index in [4.69, 9.17) is 0 Å². The van der Waals surface area contributed by atoms with Crippen molar-refractivity contribution in [3.63, 3.8) is 0 Å². The van der Waals surface area contributed by atoms with Crippen molar-refractivity contribution in [3.8, 4) is 11.1 Å². The molecule has 354 valence electrons. The first-order chi connectivity index (χ1) is 32.5. The van der Waals surface area contributed by atoms with Gasteiger partial charge in [0.1, 0.15) is 23.7 Å². The van der Waals surface area contributed by atoms with Crippen LogP contribution in [0.15, 0.2) is 73.1 Å². The van der Waals surface area contributed by atoms with Gasteiger partial charge in [0.05, 0.1) is 16.9 Å². The number of hydrogen-bond donors (Lipinski definition) is 4. The topological polar surface area (TPSA) is 192 Å². The number of aliphatic hydroxyl groups is 1. The highest BCUT2D eigenvalue weighted by Gasteiger charge is 2.53. The number of aromatic amines is 1. The van der Waals surface area contributed by atoms with E-state index in [1.165, 1.54) is 6.20 Å². The van der Waals surface area contributed by atoms with E-state index in [1.54, 1.807) is 17.2 Å². The summed E-state index contributed by atoms with van der Waals surface area (Å²) in [5.74, 6) is -4.52. The van der Waals surface area contributed by atoms with E-state index >= 15 is 8.78 Å². The van der Waals surface area contributed by atoms with Gasteiger partial charge in [-0.2, -0.15) is 12.7 Å². The van der Waals surface area contributed by atoms with Crippen molar-refractivity contribution in [2.75, 3.05) is 73.4 Å². The van der Waals surface area contributed by atoms with Gasteiger partial charge in [-0.15, -0.1) is 0 Å². The van der Waals surface area contributed by atoms with Crippen molar-refractivity contribution in [2.45, 2.75) is 56.5 Å². The summed E-state index contributed by atoms with van der Waals surface area (Å²) < 4.78 is 73.1. The smallest absolute Gasteiger partial charge is 0.301 e. The molecule has 8 heterocycles. The molecule has 16 nitrogen and oxygen atoms in total. The van der Waals surface area contributed by atoms with E-state index in [-0.39, 0.29) is 42.2 Å². The Kier molecular flexibility index (Phi) is 10.7. The lowest BCUT2D eigenvalue weighted by atomic mass is 9.71. The normalized spacial score (nSPS) is 22.6. The van der Waals surface area contributed by atoms with Gasteiger partial charge in [-0.25, -0.2) is 18.2 Å². The van der Waals surface area contributed by atoms with Crippen LogP contribution in [0.25, 0.3) is 22.2 Å². The third-order valence-electron chi connectivity index (χ3n) is 14.6. The van der Waals surface area contributed by atoms with Crippen molar-refractivity contribution in [2.24, 2.45) is 5.41 Å². The van der Waals surface area contributed by atoms with E-state index < -0.39 is 69.1 Å². The summed E-state index contributed by atoms with van der Waals surface area (Å²) in [6.07, 6.45) is 3.33. The highest BCUT2D eigenvalue weighted by molar-refractivity contribution is 7.90. The molecule has 3 aromatic carbocycles. The van der Waals surface area contributed by atoms with Crippen molar-refractivity contribution in [1.29, 1.82) is 0 Å². The maximum Gasteiger partial charge on any atom is 0.301 e. The van der Waals surface area contributed by atoms with Crippen molar-refractivity contribution < 1.29 is 45.9 Å². The first kappa shape index (κ1) is 44.2. The lowest BCUT2D eigenvalue weighted by Crippen LogP contribution is -2.73. The number of H-pyrrole nitrogens is 1. The summed E-state index contributed by atoms with van der Waals surface area (Å²) in [4.78, 5) is 66.8. The molecule has 2 unspecified atom stereocenters. The van der Waals surface area contributed by atoms with Gasteiger partial charge in [0.25, 0.3) is 5.91 Å². The van der Waals surface area contributed by atoms with Gasteiger partial charge >= 0.3 is 10.2 Å². The van der Waals surface area contributed by atoms with Crippen LogP contribution in [0.3, 0.4) is 0 Å². The van der Waals surface area contributed by atoms with Gasteiger partial charge in [0, 0.05) is 123 Å². The molecule has 2 atom stereocenters. The molecule has 4 N–H and O–H groups in total. The Labute approximate surface area is 389 Å². The largest absolute Gasteiger partial charge is 0.388 e. The third kappa shape index (κ3) is 7.85. The molecule has 0 saturated carbocycles. The number of likely N-dealkylation sites (tertiary alicyclic amines) is 1. The maximum absolute atomic E-state index is 15.8. The first-order valence-electron chi connectivity index (χ1n) is 22.8. The van der Waals surface area contributed by atoms with Crippen molar-refractivity contribution in [3.05, 3.63) is 107 Å². The molecule has 5 aromatic rings. The monoisotopic (exact) mass is 951 g/mol. The molecule has 11 rings (SSSR count). The van der Waals surface area contributed by atoms with E-state index in [2.05, 4.69) is 30.0 Å².